The monoisotopic (exact) mass is 1200 g/mol. The molecule has 0 radical (unpaired) electrons. The number of aliphatic hydroxyl groups is 7. The van der Waals surface area contributed by atoms with E-state index < -0.39 is 188 Å². The molecular weight excluding hydrogens is 1110 g/mol. The van der Waals surface area contributed by atoms with E-state index in [0.29, 0.717) is 12.0 Å². The van der Waals surface area contributed by atoms with Crippen LogP contribution in [0.25, 0.3) is 10.8 Å². The van der Waals surface area contributed by atoms with Gasteiger partial charge in [-0.05, 0) is 91.3 Å². The summed E-state index contributed by atoms with van der Waals surface area (Å²) in [6, 6.07) is 3.19. The minimum absolute atomic E-state index is 0.0191. The number of fused-ring (bicyclic) bond motifs is 2. The number of aliphatic hydroxyl groups excluding tert-OH is 6. The lowest BCUT2D eigenvalue weighted by Gasteiger charge is -2.47. The van der Waals surface area contributed by atoms with Crippen molar-refractivity contribution in [3.8, 4) is 17.2 Å². The molecule has 0 aromatic heterocycles. The number of hydrogen-bond acceptors (Lipinski definition) is 25. The molecule has 8 rings (SSSR count). The highest BCUT2D eigenvalue weighted by Gasteiger charge is 2.52. The molecule has 1 aliphatic carbocycles. The van der Waals surface area contributed by atoms with Gasteiger partial charge in [-0.25, -0.2) is 0 Å². The molecule has 5 saturated heterocycles. The fraction of sp³-hybridized carbons (Fsp3) is 0.780. The highest BCUT2D eigenvalue weighted by atomic mass is 16.7. The van der Waals surface area contributed by atoms with Crippen LogP contribution in [0, 0.1) is 18.8 Å². The normalized spacial score (nSPS) is 39.8. The van der Waals surface area contributed by atoms with E-state index in [4.69, 9.17) is 61.6 Å². The summed E-state index contributed by atoms with van der Waals surface area (Å²) in [5.74, 6) is -4.38. The van der Waals surface area contributed by atoms with Crippen LogP contribution < -0.4 is 4.74 Å². The average Bonchev–Trinajstić information content (AvgIpc) is 3.24. The molecule has 2 aromatic rings. The van der Waals surface area contributed by atoms with Gasteiger partial charge in [-0.1, -0.05) is 13.8 Å². The van der Waals surface area contributed by atoms with Gasteiger partial charge in [0.2, 0.25) is 6.29 Å². The summed E-state index contributed by atoms with van der Waals surface area (Å²) in [7, 11) is 1.40. The second-order valence-corrected chi connectivity index (χ2v) is 24.1. The van der Waals surface area contributed by atoms with Gasteiger partial charge in [-0.3, -0.25) is 14.4 Å². The number of carbonyl (C=O) groups is 3. The third-order valence-corrected chi connectivity index (χ3v) is 17.4. The van der Waals surface area contributed by atoms with E-state index in [2.05, 4.69) is 0 Å². The molecule has 474 valence electrons. The first kappa shape index (κ1) is 66.0. The molecule has 84 heavy (non-hydrogen) atoms. The van der Waals surface area contributed by atoms with E-state index >= 15 is 4.79 Å². The van der Waals surface area contributed by atoms with Gasteiger partial charge in [0.1, 0.15) is 53.4 Å². The Hall–Kier alpha value is -3.97. The number of phenols is 2. The molecule has 25 heteroatoms. The molecule has 5 heterocycles. The predicted octanol–water partition coefficient (Wildman–Crippen LogP) is 2.74. The molecular formula is C59H88O25. The van der Waals surface area contributed by atoms with Gasteiger partial charge >= 0.3 is 11.9 Å². The summed E-state index contributed by atoms with van der Waals surface area (Å²) in [6.45, 7) is 17.3. The molecule has 5 aliphatic heterocycles. The first-order valence-corrected chi connectivity index (χ1v) is 29.3. The number of ether oxygens (including phenoxy) is 13. The van der Waals surface area contributed by atoms with Crippen molar-refractivity contribution in [3.63, 3.8) is 0 Å². The lowest BCUT2D eigenvalue weighted by atomic mass is 9.72. The maximum atomic E-state index is 15.3. The predicted molar refractivity (Wildman–Crippen MR) is 291 cm³/mol. The number of methoxy groups -OCH3 is 1. The smallest absolute Gasteiger partial charge is 0.306 e. The Kier molecular flexibility index (Phi) is 21.4. The zero-order valence-corrected chi connectivity index (χ0v) is 49.8. The van der Waals surface area contributed by atoms with E-state index in [9.17, 15) is 55.5 Å². The van der Waals surface area contributed by atoms with Crippen molar-refractivity contribution in [2.75, 3.05) is 7.11 Å². The van der Waals surface area contributed by atoms with E-state index in [0.717, 1.165) is 0 Å². The second kappa shape index (κ2) is 27.2. The Balaban J connectivity index is 1.03. The van der Waals surface area contributed by atoms with Crippen LogP contribution >= 0.6 is 0 Å². The number of ketones is 1. The Morgan fingerprint density at radius 3 is 1.85 bits per heavy atom. The van der Waals surface area contributed by atoms with Crippen LogP contribution in [0.3, 0.4) is 0 Å². The maximum Gasteiger partial charge on any atom is 0.306 e. The Labute approximate surface area is 488 Å². The number of phenolic OH excluding ortho intramolecular Hbond substituents is 2. The fourth-order valence-electron chi connectivity index (χ4n) is 12.8. The van der Waals surface area contributed by atoms with E-state index in [1.165, 1.54) is 27.9 Å². The highest BCUT2D eigenvalue weighted by molar-refractivity contribution is 6.11. The van der Waals surface area contributed by atoms with E-state index in [1.807, 2.05) is 6.92 Å². The van der Waals surface area contributed by atoms with Gasteiger partial charge in [0.15, 0.2) is 43.2 Å². The standard InChI is InChI=1S/C59H88O25/c1-13-14-40(63)83-58-30(9)77-45(22-59(58,11)71)81-38-19-42(74-27(6)52(38)68)80-37-20-44(75-28(7)51(37)67)84-57-34(55(72-12)24(3)48(64)25(4)60)16-32-15-33-17-36(23(2)49(65)46(33)53(69)47(32)54(57)70)79-43-21-39(56(29(8)76-43)78-31(10)61)82-41-18-35(62)50(66)26(5)73-41/h15,17,24-30,34-35,37-39,41-45,48,50-52,55-58,60,62,64-69,71H,13-14,16,18-22H2,1-12H3/t24-,25+,26-,27-,28+,29-,30-,34+,35-,37+,38+,39+,41-,42-,43-,44+,45-,48+,50-,51+,52+,55-,56-,57+,58-,59+/m1/s1. The Bertz CT molecular complexity index is 2590. The summed E-state index contributed by atoms with van der Waals surface area (Å²) < 4.78 is 79.7. The summed E-state index contributed by atoms with van der Waals surface area (Å²) in [5.41, 5.74) is -1.22. The zero-order valence-electron chi connectivity index (χ0n) is 49.8. The van der Waals surface area contributed by atoms with Crippen LogP contribution in [-0.2, 0) is 72.9 Å². The maximum absolute atomic E-state index is 15.3. The van der Waals surface area contributed by atoms with Crippen LogP contribution in [0.5, 0.6) is 17.2 Å². The van der Waals surface area contributed by atoms with E-state index in [1.54, 1.807) is 60.6 Å². The van der Waals surface area contributed by atoms with Crippen molar-refractivity contribution in [2.24, 2.45) is 11.8 Å². The van der Waals surface area contributed by atoms with Crippen molar-refractivity contribution in [2.45, 2.75) is 274 Å². The van der Waals surface area contributed by atoms with Crippen LogP contribution in [0.1, 0.15) is 136 Å². The summed E-state index contributed by atoms with van der Waals surface area (Å²) in [5, 5.41) is 101. The van der Waals surface area contributed by atoms with Crippen molar-refractivity contribution < 1.29 is 122 Å². The molecule has 5 fully saturated rings. The summed E-state index contributed by atoms with van der Waals surface area (Å²) >= 11 is 0. The number of carbonyl (C=O) groups excluding carboxylic acids is 3. The molecule has 0 amide bonds. The molecule has 0 unspecified atom stereocenters. The number of hydrogen-bond donors (Lipinski definition) is 9. The lowest BCUT2D eigenvalue weighted by Crippen LogP contribution is -2.59. The molecule has 0 bridgehead atoms. The van der Waals surface area contributed by atoms with Gasteiger partial charge in [-0.2, -0.15) is 0 Å². The van der Waals surface area contributed by atoms with Crippen molar-refractivity contribution in [3.05, 3.63) is 28.8 Å². The van der Waals surface area contributed by atoms with Crippen LogP contribution in [0.4, 0.5) is 0 Å². The van der Waals surface area contributed by atoms with Crippen molar-refractivity contribution >= 4 is 28.5 Å². The lowest BCUT2D eigenvalue weighted by molar-refractivity contribution is -0.334. The Morgan fingerprint density at radius 1 is 0.726 bits per heavy atom. The molecule has 6 aliphatic rings. The van der Waals surface area contributed by atoms with Gasteiger partial charge in [0, 0.05) is 70.0 Å². The number of aromatic hydroxyl groups is 2. The average molecular weight is 1200 g/mol. The van der Waals surface area contributed by atoms with E-state index in [-0.39, 0.29) is 72.6 Å². The first-order chi connectivity index (χ1) is 39.5. The third-order valence-electron chi connectivity index (χ3n) is 17.4. The minimum atomic E-state index is -1.54. The summed E-state index contributed by atoms with van der Waals surface area (Å²) in [6.07, 6.45) is -23.7. The molecule has 0 spiro atoms. The van der Waals surface area contributed by atoms with Crippen molar-refractivity contribution in [1.82, 2.24) is 0 Å². The Morgan fingerprint density at radius 2 is 1.27 bits per heavy atom. The second-order valence-electron chi connectivity index (χ2n) is 24.1. The molecule has 26 atom stereocenters. The molecule has 0 saturated carbocycles. The van der Waals surface area contributed by atoms with Gasteiger partial charge < -0.3 is 108 Å². The first-order valence-electron chi connectivity index (χ1n) is 29.3. The van der Waals surface area contributed by atoms with Crippen LogP contribution in [0.15, 0.2) is 12.1 Å². The van der Waals surface area contributed by atoms with Gasteiger partial charge in [0.05, 0.1) is 78.1 Å². The molecule has 9 N–H and O–H groups in total. The highest BCUT2D eigenvalue weighted by Crippen LogP contribution is 2.48. The number of Topliss-reactive ketones (excluding diaryl/α,β-unsaturated/α-hetero) is 1. The third kappa shape index (κ3) is 14.3. The topological polar surface area (TPSA) is 353 Å². The number of esters is 2. The molecule has 2 aromatic carbocycles. The number of benzene rings is 2. The van der Waals surface area contributed by atoms with Gasteiger partial charge in [0.25, 0.3) is 0 Å². The molecule has 25 nitrogen and oxygen atoms in total. The SMILES string of the molecule is CCCC(=O)O[C@@H]1[C@@H](C)O[C@H](O[C@H]2C[C@@H](O[C@H]3C[C@H](O[C@@H]4C(=O)c5c(cc6cc(O[C@@H]7C[C@H](O[C@@H]8C[C@@H](O)[C@H](O)[C@@H](C)O8)[C@H](OC(C)=O)[C@@H](C)O7)c(C)c(O)c6c5O)C[C@H]4[C@H](OC)[C@H](C)[C@H](O)[C@H](C)O)O[C@@H](C)[C@@H]3O)O[C@H](C)[C@@H]2O)C[C@]1(C)O. The summed E-state index contributed by atoms with van der Waals surface area (Å²) in [4.78, 5) is 39.9. The minimum Gasteiger partial charge on any atom is -0.507 e. The van der Waals surface area contributed by atoms with Crippen LogP contribution in [-0.4, -0.2) is 218 Å². The van der Waals surface area contributed by atoms with Crippen molar-refractivity contribution in [1.29, 1.82) is 0 Å². The quantitative estimate of drug-likeness (QED) is 0.0913. The zero-order chi connectivity index (χ0) is 61.5. The van der Waals surface area contributed by atoms with Gasteiger partial charge in [-0.15, -0.1) is 0 Å². The largest absolute Gasteiger partial charge is 0.507 e. The van der Waals surface area contributed by atoms with Crippen LogP contribution in [0.2, 0.25) is 0 Å². The fourth-order valence-corrected chi connectivity index (χ4v) is 12.8. The number of rotatable bonds is 19.